The topological polar surface area (TPSA) is 39.5 Å². The van der Waals surface area contributed by atoms with Crippen LogP contribution in [-0.4, -0.2) is 33.0 Å². The number of quaternary nitrogens is 2. The molecule has 2 heterocycles. The second-order valence-corrected chi connectivity index (χ2v) is 4.48. The van der Waals surface area contributed by atoms with Gasteiger partial charge in [0, 0.05) is 5.56 Å². The van der Waals surface area contributed by atoms with E-state index in [0.717, 1.165) is 18.0 Å². The fourth-order valence-electron chi connectivity index (χ4n) is 2.40. The zero-order valence-electron chi connectivity index (χ0n) is 9.37. The van der Waals surface area contributed by atoms with E-state index in [1.54, 1.807) is 4.90 Å². The molecule has 2 aliphatic heterocycles. The minimum atomic E-state index is 0.365. The van der Waals surface area contributed by atoms with Crippen molar-refractivity contribution < 1.29 is 19.7 Å². The van der Waals surface area contributed by atoms with Gasteiger partial charge in [0.2, 0.25) is 6.79 Å². The summed E-state index contributed by atoms with van der Waals surface area (Å²) in [6, 6.07) is 6.29. The molecule has 3 rings (SSSR count). The maximum atomic E-state index is 5.39. The molecule has 86 valence electrons. The average molecular weight is 222 g/mol. The first-order chi connectivity index (χ1) is 7.92. The Hall–Kier alpha value is -1.26. The minimum Gasteiger partial charge on any atom is -0.454 e. The summed E-state index contributed by atoms with van der Waals surface area (Å²) in [5, 5.41) is 2.39. The van der Waals surface area contributed by atoms with Crippen LogP contribution in [-0.2, 0) is 6.54 Å². The third-order valence-corrected chi connectivity index (χ3v) is 3.30. The lowest BCUT2D eigenvalue weighted by Crippen LogP contribution is -3.19. The van der Waals surface area contributed by atoms with E-state index in [1.807, 2.05) is 6.07 Å². The molecule has 0 aliphatic carbocycles. The first-order valence-electron chi connectivity index (χ1n) is 5.95. The van der Waals surface area contributed by atoms with Gasteiger partial charge in [-0.25, -0.2) is 0 Å². The predicted octanol–water partition coefficient (Wildman–Crippen LogP) is -1.62. The molecule has 0 amide bonds. The number of nitrogens with two attached hydrogens (primary N) is 1. The van der Waals surface area contributed by atoms with Crippen LogP contribution in [0.2, 0.25) is 0 Å². The normalized spacial score (nSPS) is 20.0. The van der Waals surface area contributed by atoms with E-state index >= 15 is 0 Å². The quantitative estimate of drug-likeness (QED) is 0.631. The highest BCUT2D eigenvalue weighted by Gasteiger charge is 2.18. The molecule has 0 aromatic heterocycles. The number of ether oxygens (including phenoxy) is 2. The van der Waals surface area contributed by atoms with Crippen LogP contribution in [0.1, 0.15) is 5.56 Å². The van der Waals surface area contributed by atoms with E-state index < -0.39 is 0 Å². The number of piperazine rings is 1. The molecule has 0 unspecified atom stereocenters. The Bertz CT molecular complexity index is 375. The summed E-state index contributed by atoms with van der Waals surface area (Å²) in [5.41, 5.74) is 1.35. The largest absolute Gasteiger partial charge is 0.454 e. The van der Waals surface area contributed by atoms with E-state index in [4.69, 9.17) is 9.47 Å². The van der Waals surface area contributed by atoms with Crippen LogP contribution in [0, 0.1) is 0 Å². The number of rotatable bonds is 2. The third kappa shape index (κ3) is 1.99. The molecule has 3 N–H and O–H groups in total. The van der Waals surface area contributed by atoms with Gasteiger partial charge in [-0.2, -0.15) is 0 Å². The van der Waals surface area contributed by atoms with Gasteiger partial charge in [0.15, 0.2) is 11.5 Å². The monoisotopic (exact) mass is 222 g/mol. The molecule has 0 spiro atoms. The summed E-state index contributed by atoms with van der Waals surface area (Å²) >= 11 is 0. The maximum Gasteiger partial charge on any atom is 0.231 e. The van der Waals surface area contributed by atoms with Crippen LogP contribution in [0.3, 0.4) is 0 Å². The van der Waals surface area contributed by atoms with Crippen LogP contribution in [0.15, 0.2) is 18.2 Å². The van der Waals surface area contributed by atoms with Gasteiger partial charge in [0.1, 0.15) is 32.7 Å². The zero-order valence-corrected chi connectivity index (χ0v) is 9.37. The van der Waals surface area contributed by atoms with E-state index in [2.05, 4.69) is 17.4 Å². The van der Waals surface area contributed by atoms with Crippen molar-refractivity contribution in [3.8, 4) is 11.5 Å². The van der Waals surface area contributed by atoms with Crippen LogP contribution < -0.4 is 19.7 Å². The number of nitrogens with one attached hydrogen (secondary N) is 1. The lowest BCUT2D eigenvalue weighted by Gasteiger charge is -2.22. The fourth-order valence-corrected chi connectivity index (χ4v) is 2.40. The molecular weight excluding hydrogens is 204 g/mol. The van der Waals surface area contributed by atoms with E-state index in [1.165, 1.54) is 31.7 Å². The van der Waals surface area contributed by atoms with Crippen molar-refractivity contribution in [1.29, 1.82) is 0 Å². The Morgan fingerprint density at radius 3 is 2.81 bits per heavy atom. The van der Waals surface area contributed by atoms with Gasteiger partial charge < -0.3 is 19.7 Å². The smallest absolute Gasteiger partial charge is 0.231 e. The highest BCUT2D eigenvalue weighted by Crippen LogP contribution is 2.32. The summed E-state index contributed by atoms with van der Waals surface area (Å²) in [4.78, 5) is 1.67. The van der Waals surface area contributed by atoms with Crippen molar-refractivity contribution in [2.45, 2.75) is 6.54 Å². The van der Waals surface area contributed by atoms with Gasteiger partial charge in [0.25, 0.3) is 0 Å². The van der Waals surface area contributed by atoms with E-state index in [9.17, 15) is 0 Å². The van der Waals surface area contributed by atoms with E-state index in [-0.39, 0.29) is 0 Å². The van der Waals surface area contributed by atoms with Crippen molar-refractivity contribution in [2.75, 3.05) is 33.0 Å². The van der Waals surface area contributed by atoms with Gasteiger partial charge in [-0.15, -0.1) is 0 Å². The molecule has 0 radical (unpaired) electrons. The Morgan fingerprint density at radius 1 is 1.12 bits per heavy atom. The van der Waals surface area contributed by atoms with Crippen LogP contribution >= 0.6 is 0 Å². The average Bonchev–Trinajstić information content (AvgIpc) is 2.77. The van der Waals surface area contributed by atoms with Gasteiger partial charge >= 0.3 is 0 Å². The fraction of sp³-hybridized carbons (Fsp3) is 0.500. The summed E-state index contributed by atoms with van der Waals surface area (Å²) in [6.07, 6.45) is 0. The molecule has 1 aromatic rings. The van der Waals surface area contributed by atoms with Crippen molar-refractivity contribution in [3.63, 3.8) is 0 Å². The number of benzene rings is 1. The molecule has 0 bridgehead atoms. The van der Waals surface area contributed by atoms with Crippen molar-refractivity contribution in [3.05, 3.63) is 23.8 Å². The van der Waals surface area contributed by atoms with Crippen molar-refractivity contribution in [1.82, 2.24) is 0 Å². The highest BCUT2D eigenvalue weighted by molar-refractivity contribution is 5.44. The first kappa shape index (κ1) is 9.93. The number of hydrogen-bond donors (Lipinski definition) is 2. The van der Waals surface area contributed by atoms with Crippen molar-refractivity contribution in [2.24, 2.45) is 0 Å². The van der Waals surface area contributed by atoms with Gasteiger partial charge in [-0.1, -0.05) is 0 Å². The molecule has 2 aliphatic rings. The predicted molar refractivity (Wildman–Crippen MR) is 58.6 cm³/mol. The molecule has 1 aromatic carbocycles. The van der Waals surface area contributed by atoms with Crippen molar-refractivity contribution >= 4 is 0 Å². The van der Waals surface area contributed by atoms with E-state index in [0.29, 0.717) is 6.79 Å². The SMILES string of the molecule is c1cc2c(cc1C[NH+]1CC[NH2+]CC1)OCO2. The second-order valence-electron chi connectivity index (χ2n) is 4.48. The Kier molecular flexibility index (Phi) is 2.68. The molecule has 1 saturated heterocycles. The molecule has 16 heavy (non-hydrogen) atoms. The maximum absolute atomic E-state index is 5.39. The van der Waals surface area contributed by atoms with Gasteiger partial charge in [0.05, 0.1) is 0 Å². The highest BCUT2D eigenvalue weighted by atomic mass is 16.7. The zero-order chi connectivity index (χ0) is 10.8. The lowest BCUT2D eigenvalue weighted by molar-refractivity contribution is -0.958. The first-order valence-corrected chi connectivity index (χ1v) is 5.95. The summed E-state index contributed by atoms with van der Waals surface area (Å²) in [7, 11) is 0. The van der Waals surface area contributed by atoms with Gasteiger partial charge in [-0.3, -0.25) is 0 Å². The number of fused-ring (bicyclic) bond motifs is 1. The van der Waals surface area contributed by atoms with Crippen LogP contribution in [0.25, 0.3) is 0 Å². The molecule has 1 fully saturated rings. The van der Waals surface area contributed by atoms with Crippen LogP contribution in [0.4, 0.5) is 0 Å². The summed E-state index contributed by atoms with van der Waals surface area (Å²) in [6.45, 7) is 6.48. The Balaban J connectivity index is 1.69. The summed E-state index contributed by atoms with van der Waals surface area (Å²) in [5.74, 6) is 1.78. The lowest BCUT2D eigenvalue weighted by atomic mass is 10.2. The second kappa shape index (κ2) is 4.31. The Labute approximate surface area is 95.1 Å². The molecule has 0 atom stereocenters. The molecule has 4 nitrogen and oxygen atoms in total. The van der Waals surface area contributed by atoms with Gasteiger partial charge in [-0.05, 0) is 18.2 Å². The standard InChI is InChI=1S/C12H16N2O2/c1-2-11-12(16-9-15-11)7-10(1)8-14-5-3-13-4-6-14/h1-2,7,13H,3-6,8-9H2/p+2. The molecule has 0 saturated carbocycles. The van der Waals surface area contributed by atoms with Crippen LogP contribution in [0.5, 0.6) is 11.5 Å². The minimum absolute atomic E-state index is 0.365. The molecular formula is C12H18N2O2+2. The summed E-state index contributed by atoms with van der Waals surface area (Å²) < 4.78 is 10.7. The number of hydrogen-bond acceptors (Lipinski definition) is 2. The Morgan fingerprint density at radius 2 is 1.94 bits per heavy atom. The third-order valence-electron chi connectivity index (χ3n) is 3.30. The molecule has 4 heteroatoms.